The molecule has 1 heterocycles. The van der Waals surface area contributed by atoms with Crippen LogP contribution in [0.15, 0.2) is 47.3 Å². The standard InChI is InChI=1S/C14H9F3N2O4/c15-14(16,17)19(8-4-2-1-3-5-8)12(21)10-6-9(20)7-11(18-10)13(22)23/h1-7H,(H,18,20)(H,22,23). The Balaban J connectivity index is 2.55. The molecule has 23 heavy (non-hydrogen) atoms. The van der Waals surface area contributed by atoms with Crippen LogP contribution in [0.25, 0.3) is 0 Å². The third-order valence-corrected chi connectivity index (χ3v) is 2.77. The van der Waals surface area contributed by atoms with Gasteiger partial charge in [-0.25, -0.2) is 9.69 Å². The molecule has 0 atom stereocenters. The molecule has 1 aromatic carbocycles. The number of nitrogens with one attached hydrogen (secondary N) is 1. The summed E-state index contributed by atoms with van der Waals surface area (Å²) in [6.45, 7) is 0. The lowest BCUT2D eigenvalue weighted by atomic mass is 10.2. The third-order valence-electron chi connectivity index (χ3n) is 2.77. The predicted octanol–water partition coefficient (Wildman–Crippen LogP) is 2.24. The number of halogens is 3. The van der Waals surface area contributed by atoms with E-state index in [0.717, 1.165) is 12.1 Å². The van der Waals surface area contributed by atoms with Gasteiger partial charge in [0.2, 0.25) is 0 Å². The largest absolute Gasteiger partial charge is 0.491 e. The average Bonchev–Trinajstić information content (AvgIpc) is 2.46. The minimum Gasteiger partial charge on any atom is -0.477 e. The first-order chi connectivity index (χ1) is 10.7. The molecule has 0 saturated heterocycles. The Kier molecular flexibility index (Phi) is 4.21. The quantitative estimate of drug-likeness (QED) is 0.846. The highest BCUT2D eigenvalue weighted by molar-refractivity contribution is 6.05. The molecule has 120 valence electrons. The van der Waals surface area contributed by atoms with Gasteiger partial charge in [-0.3, -0.25) is 9.59 Å². The zero-order chi connectivity index (χ0) is 17.2. The van der Waals surface area contributed by atoms with E-state index in [1.165, 1.54) is 18.2 Å². The second-order valence-electron chi connectivity index (χ2n) is 4.39. The summed E-state index contributed by atoms with van der Waals surface area (Å²) in [5.41, 5.74) is -2.83. The van der Waals surface area contributed by atoms with Crippen molar-refractivity contribution in [3.8, 4) is 0 Å². The summed E-state index contributed by atoms with van der Waals surface area (Å²) in [6, 6.07) is 7.47. The number of rotatable bonds is 3. The highest BCUT2D eigenvalue weighted by atomic mass is 19.4. The van der Waals surface area contributed by atoms with Crippen molar-refractivity contribution in [1.29, 1.82) is 0 Å². The lowest BCUT2D eigenvalue weighted by molar-refractivity contribution is -0.122. The van der Waals surface area contributed by atoms with E-state index in [-0.39, 0.29) is 0 Å². The summed E-state index contributed by atoms with van der Waals surface area (Å²) in [5, 5.41) is 8.81. The van der Waals surface area contributed by atoms with Gasteiger partial charge < -0.3 is 10.1 Å². The second kappa shape index (κ2) is 5.95. The van der Waals surface area contributed by atoms with E-state index in [1.54, 1.807) is 0 Å². The van der Waals surface area contributed by atoms with Crippen LogP contribution in [0.3, 0.4) is 0 Å². The fraction of sp³-hybridized carbons (Fsp3) is 0.0714. The number of carbonyl (C=O) groups excluding carboxylic acids is 1. The van der Waals surface area contributed by atoms with Crippen LogP contribution in [-0.2, 0) is 0 Å². The van der Waals surface area contributed by atoms with Crippen molar-refractivity contribution < 1.29 is 27.9 Å². The number of aromatic amines is 1. The second-order valence-corrected chi connectivity index (χ2v) is 4.39. The van der Waals surface area contributed by atoms with Gasteiger partial charge in [0, 0.05) is 12.1 Å². The molecule has 0 aliphatic carbocycles. The molecule has 0 aliphatic heterocycles. The number of anilines is 1. The van der Waals surface area contributed by atoms with Crippen LogP contribution >= 0.6 is 0 Å². The minimum absolute atomic E-state index is 0.466. The summed E-state index contributed by atoms with van der Waals surface area (Å²) in [7, 11) is 0. The van der Waals surface area contributed by atoms with Crippen molar-refractivity contribution in [2.75, 3.05) is 4.90 Å². The van der Waals surface area contributed by atoms with Gasteiger partial charge in [0.15, 0.2) is 5.43 Å². The Bertz CT molecular complexity index is 800. The van der Waals surface area contributed by atoms with Crippen LogP contribution in [0.2, 0.25) is 0 Å². The average molecular weight is 326 g/mol. The van der Waals surface area contributed by atoms with Gasteiger partial charge in [0.1, 0.15) is 11.4 Å². The zero-order valence-corrected chi connectivity index (χ0v) is 11.3. The van der Waals surface area contributed by atoms with E-state index in [2.05, 4.69) is 0 Å². The third kappa shape index (κ3) is 3.57. The SMILES string of the molecule is O=C(O)c1cc(=O)cc(C(=O)N(c2ccccc2)C(F)(F)F)[nH]1. The number of alkyl halides is 3. The molecule has 0 aliphatic rings. The number of carboxylic acids is 1. The fourth-order valence-corrected chi connectivity index (χ4v) is 1.85. The smallest absolute Gasteiger partial charge is 0.477 e. The van der Waals surface area contributed by atoms with Crippen LogP contribution < -0.4 is 10.3 Å². The van der Waals surface area contributed by atoms with Crippen LogP contribution in [0.5, 0.6) is 0 Å². The fourth-order valence-electron chi connectivity index (χ4n) is 1.85. The number of H-pyrrole nitrogens is 1. The lowest BCUT2D eigenvalue weighted by Gasteiger charge is -2.24. The number of carbonyl (C=O) groups is 2. The van der Waals surface area contributed by atoms with Crippen molar-refractivity contribution in [3.63, 3.8) is 0 Å². The molecule has 0 radical (unpaired) electrons. The van der Waals surface area contributed by atoms with Crippen molar-refractivity contribution in [2.45, 2.75) is 6.30 Å². The van der Waals surface area contributed by atoms with E-state index in [4.69, 9.17) is 5.11 Å². The minimum atomic E-state index is -5.06. The van der Waals surface area contributed by atoms with Crippen molar-refractivity contribution in [2.24, 2.45) is 0 Å². The molecule has 1 aromatic heterocycles. The first kappa shape index (κ1) is 16.3. The van der Waals surface area contributed by atoms with E-state index in [0.29, 0.717) is 12.1 Å². The Morgan fingerprint density at radius 1 is 1.04 bits per heavy atom. The molecule has 2 aromatic rings. The number of para-hydroxylation sites is 1. The van der Waals surface area contributed by atoms with Crippen LogP contribution in [-0.4, -0.2) is 28.3 Å². The molecule has 0 fully saturated rings. The molecule has 0 saturated carbocycles. The van der Waals surface area contributed by atoms with Gasteiger partial charge in [-0.15, -0.1) is 13.2 Å². The van der Waals surface area contributed by atoms with E-state index in [9.17, 15) is 27.6 Å². The normalized spacial score (nSPS) is 11.1. The van der Waals surface area contributed by atoms with E-state index < -0.39 is 45.6 Å². The Morgan fingerprint density at radius 3 is 2.13 bits per heavy atom. The van der Waals surface area contributed by atoms with Crippen molar-refractivity contribution in [1.82, 2.24) is 4.98 Å². The number of hydrogen-bond donors (Lipinski definition) is 2. The van der Waals surface area contributed by atoms with Crippen molar-refractivity contribution >= 4 is 17.6 Å². The van der Waals surface area contributed by atoms with E-state index in [1.807, 2.05) is 4.98 Å². The summed E-state index contributed by atoms with van der Waals surface area (Å²) < 4.78 is 39.6. The highest BCUT2D eigenvalue weighted by Gasteiger charge is 2.43. The van der Waals surface area contributed by atoms with Crippen LogP contribution in [0.4, 0.5) is 18.9 Å². The molecule has 2 rings (SSSR count). The maximum atomic E-state index is 13.2. The molecule has 9 heteroatoms. The first-order valence-corrected chi connectivity index (χ1v) is 6.14. The summed E-state index contributed by atoms with van der Waals surface area (Å²) >= 11 is 0. The lowest BCUT2D eigenvalue weighted by Crippen LogP contribution is -2.43. The summed E-state index contributed by atoms with van der Waals surface area (Å²) in [6.07, 6.45) is -5.06. The van der Waals surface area contributed by atoms with Gasteiger partial charge in [-0.1, -0.05) is 18.2 Å². The summed E-state index contributed by atoms with van der Waals surface area (Å²) in [4.78, 5) is 35.9. The number of aromatic carboxylic acids is 1. The van der Waals surface area contributed by atoms with E-state index >= 15 is 0 Å². The molecule has 0 bridgehead atoms. The molecule has 2 N–H and O–H groups in total. The summed E-state index contributed by atoms with van der Waals surface area (Å²) in [5.74, 6) is -3.17. The number of nitrogens with zero attached hydrogens (tertiary/aromatic N) is 1. The van der Waals surface area contributed by atoms with Gasteiger partial charge in [0.05, 0.1) is 5.69 Å². The van der Waals surface area contributed by atoms with Gasteiger partial charge in [-0.05, 0) is 12.1 Å². The number of amides is 1. The molecule has 6 nitrogen and oxygen atoms in total. The van der Waals surface area contributed by atoms with Gasteiger partial charge in [-0.2, -0.15) is 0 Å². The Morgan fingerprint density at radius 2 is 1.61 bits per heavy atom. The maximum absolute atomic E-state index is 13.2. The zero-order valence-electron chi connectivity index (χ0n) is 11.3. The van der Waals surface area contributed by atoms with Crippen LogP contribution in [0.1, 0.15) is 21.0 Å². The van der Waals surface area contributed by atoms with Crippen LogP contribution in [0, 0.1) is 0 Å². The Labute approximate surface area is 126 Å². The molecular formula is C14H9F3N2O4. The van der Waals surface area contributed by atoms with Crippen molar-refractivity contribution in [3.05, 3.63) is 64.1 Å². The predicted molar refractivity (Wildman–Crippen MR) is 73.3 cm³/mol. The number of benzene rings is 1. The van der Waals surface area contributed by atoms with Gasteiger partial charge in [0.25, 0.3) is 5.91 Å². The topological polar surface area (TPSA) is 90.5 Å². The Hall–Kier alpha value is -3.10. The number of carboxylic acid groups (broad SMARTS) is 1. The molecule has 1 amide bonds. The number of aromatic nitrogens is 1. The monoisotopic (exact) mass is 326 g/mol. The first-order valence-electron chi connectivity index (χ1n) is 6.14. The molecule has 0 unspecified atom stereocenters. The van der Waals surface area contributed by atoms with Gasteiger partial charge >= 0.3 is 12.3 Å². The number of pyridine rings is 1. The highest BCUT2D eigenvalue weighted by Crippen LogP contribution is 2.29. The molecular weight excluding hydrogens is 317 g/mol. The molecule has 0 spiro atoms. The maximum Gasteiger partial charge on any atom is 0.491 e. The number of hydrogen-bond acceptors (Lipinski definition) is 3.